The average molecular weight is 284 g/mol. The molecule has 1 saturated heterocycles. The normalized spacial score (nSPS) is 24.9. The fourth-order valence-corrected chi connectivity index (χ4v) is 4.34. The molecular weight excluding hydrogens is 260 g/mol. The molecule has 2 heterocycles. The quantitative estimate of drug-likeness (QED) is 0.823. The molecular formula is C18H24N2O. The maximum Gasteiger partial charge on any atom is 0.109 e. The lowest BCUT2D eigenvalue weighted by atomic mass is 9.88. The van der Waals surface area contributed by atoms with Gasteiger partial charge < -0.3 is 9.30 Å². The van der Waals surface area contributed by atoms with Crippen molar-refractivity contribution in [1.82, 2.24) is 9.55 Å². The Balaban J connectivity index is 1.75. The van der Waals surface area contributed by atoms with E-state index in [4.69, 9.17) is 9.72 Å². The maximum absolute atomic E-state index is 6.21. The van der Waals surface area contributed by atoms with Gasteiger partial charge in [0.2, 0.25) is 0 Å². The summed E-state index contributed by atoms with van der Waals surface area (Å²) < 4.78 is 8.72. The predicted molar refractivity (Wildman–Crippen MR) is 84.5 cm³/mol. The lowest BCUT2D eigenvalue weighted by Crippen LogP contribution is -2.38. The third-order valence-electron chi connectivity index (χ3n) is 5.33. The van der Waals surface area contributed by atoms with Crippen molar-refractivity contribution in [2.75, 3.05) is 6.61 Å². The number of nitrogens with zero attached hydrogens (tertiary/aromatic N) is 2. The second-order valence-electron chi connectivity index (χ2n) is 6.63. The first-order valence-corrected chi connectivity index (χ1v) is 8.41. The molecule has 2 aliphatic rings. The summed E-state index contributed by atoms with van der Waals surface area (Å²) in [5.74, 6) is 1.23. The van der Waals surface area contributed by atoms with Crippen molar-refractivity contribution < 1.29 is 4.74 Å². The van der Waals surface area contributed by atoms with Crippen LogP contribution in [0.2, 0.25) is 0 Å². The Hall–Kier alpha value is -1.35. The zero-order chi connectivity index (χ0) is 14.3. The van der Waals surface area contributed by atoms with E-state index >= 15 is 0 Å². The van der Waals surface area contributed by atoms with Gasteiger partial charge in [-0.05, 0) is 37.8 Å². The van der Waals surface area contributed by atoms with Crippen molar-refractivity contribution in [2.45, 2.75) is 63.5 Å². The molecule has 2 aromatic rings. The fourth-order valence-electron chi connectivity index (χ4n) is 4.34. The van der Waals surface area contributed by atoms with Crippen LogP contribution in [-0.2, 0) is 11.2 Å². The van der Waals surface area contributed by atoms with Crippen molar-refractivity contribution in [1.29, 1.82) is 0 Å². The smallest absolute Gasteiger partial charge is 0.109 e. The molecule has 1 aliphatic carbocycles. The van der Waals surface area contributed by atoms with E-state index in [1.54, 1.807) is 0 Å². The molecule has 112 valence electrons. The highest BCUT2D eigenvalue weighted by atomic mass is 16.5. The van der Waals surface area contributed by atoms with Crippen LogP contribution in [-0.4, -0.2) is 21.8 Å². The minimum atomic E-state index is 0.166. The Kier molecular flexibility index (Phi) is 3.26. The van der Waals surface area contributed by atoms with Crippen molar-refractivity contribution in [3.05, 3.63) is 30.1 Å². The molecule has 2 fully saturated rings. The first-order valence-electron chi connectivity index (χ1n) is 8.41. The monoisotopic (exact) mass is 284 g/mol. The van der Waals surface area contributed by atoms with E-state index in [2.05, 4.69) is 35.8 Å². The number of hydrogen-bond acceptors (Lipinski definition) is 2. The van der Waals surface area contributed by atoms with Crippen molar-refractivity contribution >= 4 is 11.0 Å². The molecule has 1 aliphatic heterocycles. The van der Waals surface area contributed by atoms with Crippen LogP contribution in [0.3, 0.4) is 0 Å². The lowest BCUT2D eigenvalue weighted by molar-refractivity contribution is -0.0892. The van der Waals surface area contributed by atoms with E-state index < -0.39 is 0 Å². The zero-order valence-corrected chi connectivity index (χ0v) is 12.8. The summed E-state index contributed by atoms with van der Waals surface area (Å²) in [7, 11) is 0. The van der Waals surface area contributed by atoms with Crippen molar-refractivity contribution in [3.8, 4) is 0 Å². The second kappa shape index (κ2) is 5.13. The van der Waals surface area contributed by atoms with Crippen LogP contribution in [0, 0.1) is 0 Å². The van der Waals surface area contributed by atoms with E-state index in [1.807, 2.05) is 0 Å². The molecule has 21 heavy (non-hydrogen) atoms. The summed E-state index contributed by atoms with van der Waals surface area (Å²) in [5, 5.41) is 0. The van der Waals surface area contributed by atoms with Crippen molar-refractivity contribution in [2.24, 2.45) is 0 Å². The fraction of sp³-hybridized carbons (Fsp3) is 0.611. The number of ether oxygens (including phenoxy) is 1. The summed E-state index contributed by atoms with van der Waals surface area (Å²) in [6.45, 7) is 3.11. The highest BCUT2D eigenvalue weighted by Gasteiger charge is 2.41. The summed E-state index contributed by atoms with van der Waals surface area (Å²) in [6, 6.07) is 9.12. The minimum absolute atomic E-state index is 0.166. The van der Waals surface area contributed by atoms with Crippen LogP contribution in [0.5, 0.6) is 0 Å². The Bertz CT molecular complexity index is 640. The van der Waals surface area contributed by atoms with Gasteiger partial charge in [0.15, 0.2) is 0 Å². The number of para-hydroxylation sites is 2. The van der Waals surface area contributed by atoms with Crippen LogP contribution in [0.25, 0.3) is 11.0 Å². The van der Waals surface area contributed by atoms with Crippen molar-refractivity contribution in [3.63, 3.8) is 0 Å². The largest absolute Gasteiger partial charge is 0.375 e. The second-order valence-corrected chi connectivity index (χ2v) is 6.63. The number of fused-ring (bicyclic) bond motifs is 1. The Labute approximate surface area is 126 Å². The summed E-state index contributed by atoms with van der Waals surface area (Å²) in [5.41, 5.74) is 2.61. The minimum Gasteiger partial charge on any atom is -0.375 e. The molecule has 3 nitrogen and oxygen atoms in total. The predicted octanol–water partition coefficient (Wildman–Crippen LogP) is 4.26. The average Bonchev–Trinajstić information content (AvgIpc) is 3.11. The molecule has 1 atom stereocenters. The van der Waals surface area contributed by atoms with Gasteiger partial charge in [0, 0.05) is 19.1 Å². The number of benzene rings is 1. The summed E-state index contributed by atoms with van der Waals surface area (Å²) in [4.78, 5) is 4.84. The highest BCUT2D eigenvalue weighted by Crippen LogP contribution is 2.44. The van der Waals surface area contributed by atoms with E-state index in [0.29, 0.717) is 6.04 Å². The van der Waals surface area contributed by atoms with E-state index in [-0.39, 0.29) is 5.60 Å². The van der Waals surface area contributed by atoms with Crippen LogP contribution in [0.1, 0.15) is 57.3 Å². The molecule has 3 heteroatoms. The van der Waals surface area contributed by atoms with Gasteiger partial charge in [0.1, 0.15) is 5.82 Å². The van der Waals surface area contributed by atoms with Gasteiger partial charge >= 0.3 is 0 Å². The van der Waals surface area contributed by atoms with Gasteiger partial charge in [-0.3, -0.25) is 0 Å². The van der Waals surface area contributed by atoms with E-state index in [9.17, 15) is 0 Å². The number of rotatable bonds is 2. The third-order valence-corrected chi connectivity index (χ3v) is 5.33. The topological polar surface area (TPSA) is 27.1 Å². The highest BCUT2D eigenvalue weighted by molar-refractivity contribution is 5.76. The summed E-state index contributed by atoms with van der Waals surface area (Å²) >= 11 is 0. The van der Waals surface area contributed by atoms with Gasteiger partial charge in [0.05, 0.1) is 16.6 Å². The molecule has 1 aromatic carbocycles. The molecule has 1 spiro atoms. The Morgan fingerprint density at radius 2 is 2.10 bits per heavy atom. The number of imidazole rings is 1. The van der Waals surface area contributed by atoms with Crippen LogP contribution in [0.15, 0.2) is 24.3 Å². The third kappa shape index (κ3) is 2.18. The van der Waals surface area contributed by atoms with Gasteiger partial charge in [-0.2, -0.15) is 0 Å². The lowest BCUT2D eigenvalue weighted by Gasteiger charge is -2.39. The van der Waals surface area contributed by atoms with Crippen LogP contribution < -0.4 is 0 Å². The SMILES string of the molecule is CCc1nc2ccccc2n1C1CCOC2(CCCC2)C1. The first kappa shape index (κ1) is 13.3. The van der Waals surface area contributed by atoms with Gasteiger partial charge in [-0.15, -0.1) is 0 Å². The number of aryl methyl sites for hydroxylation is 1. The zero-order valence-electron chi connectivity index (χ0n) is 12.8. The van der Waals surface area contributed by atoms with Crippen LogP contribution in [0.4, 0.5) is 0 Å². The molecule has 4 rings (SSSR count). The first-order chi connectivity index (χ1) is 10.3. The standard InChI is InChI=1S/C18H24N2O/c1-2-17-19-15-7-3-4-8-16(15)20(17)14-9-12-21-18(13-14)10-5-6-11-18/h3-4,7-8,14H,2,5-6,9-13H2,1H3. The summed E-state index contributed by atoms with van der Waals surface area (Å²) in [6.07, 6.45) is 8.44. The van der Waals surface area contributed by atoms with Gasteiger partial charge in [-0.1, -0.05) is 31.9 Å². The Morgan fingerprint density at radius 3 is 2.90 bits per heavy atom. The van der Waals surface area contributed by atoms with Gasteiger partial charge in [0.25, 0.3) is 0 Å². The van der Waals surface area contributed by atoms with Crippen LogP contribution >= 0.6 is 0 Å². The number of hydrogen-bond donors (Lipinski definition) is 0. The molecule has 1 aromatic heterocycles. The van der Waals surface area contributed by atoms with Gasteiger partial charge in [-0.25, -0.2) is 4.98 Å². The molecule has 1 unspecified atom stereocenters. The molecule has 1 saturated carbocycles. The Morgan fingerprint density at radius 1 is 1.29 bits per heavy atom. The molecule has 0 N–H and O–H groups in total. The molecule has 0 amide bonds. The number of aromatic nitrogens is 2. The molecule has 0 bridgehead atoms. The van der Waals surface area contributed by atoms with E-state index in [0.717, 1.165) is 25.0 Å². The maximum atomic E-state index is 6.21. The molecule has 0 radical (unpaired) electrons. The van der Waals surface area contributed by atoms with E-state index in [1.165, 1.54) is 43.4 Å².